The van der Waals surface area contributed by atoms with Gasteiger partial charge in [0.1, 0.15) is 36.3 Å². The molecule has 0 N–H and O–H groups in total. The third-order valence-corrected chi connectivity index (χ3v) is 10.8. The van der Waals surface area contributed by atoms with E-state index in [0.29, 0.717) is 24.5 Å². The van der Waals surface area contributed by atoms with Crippen LogP contribution in [0.5, 0.6) is 0 Å². The van der Waals surface area contributed by atoms with Gasteiger partial charge in [0.25, 0.3) is 0 Å². The Morgan fingerprint density at radius 2 is 0.790 bits per heavy atom. The van der Waals surface area contributed by atoms with Gasteiger partial charge < -0.3 is 47.4 Å². The molecule has 2 fully saturated rings. The molecule has 342 valence electrons. The minimum absolute atomic E-state index is 0.164. The summed E-state index contributed by atoms with van der Waals surface area (Å²) in [5.74, 6) is -5.35. The van der Waals surface area contributed by atoms with Crippen molar-refractivity contribution in [2.24, 2.45) is 0 Å². The quantitative estimate of drug-likeness (QED) is 0.134. The number of carbonyl (C=O) groups is 8. The van der Waals surface area contributed by atoms with Crippen LogP contribution < -0.4 is 0 Å². The summed E-state index contributed by atoms with van der Waals surface area (Å²) in [6.45, 7) is 9.10. The molecule has 2 saturated heterocycles. The smallest absolute Gasteiger partial charge is 0.303 e. The summed E-state index contributed by atoms with van der Waals surface area (Å²) in [5.41, 5.74) is -1.03. The van der Waals surface area contributed by atoms with E-state index in [1.807, 2.05) is 0 Å². The molecule has 0 bridgehead atoms. The van der Waals surface area contributed by atoms with E-state index in [-0.39, 0.29) is 24.7 Å². The van der Waals surface area contributed by atoms with Crippen LogP contribution in [0.1, 0.15) is 66.8 Å². The number of aromatic nitrogens is 6. The van der Waals surface area contributed by atoms with Gasteiger partial charge in [-0.15, -0.1) is 33.7 Å². The molecular weight excluding hydrogens is 869 g/mol. The highest BCUT2D eigenvalue weighted by molar-refractivity contribution is 7.99. The number of carbonyl (C=O) groups excluding carboxylic acids is 8. The molecule has 0 unspecified atom stereocenters. The maximum Gasteiger partial charge on any atom is 0.303 e. The van der Waals surface area contributed by atoms with Crippen LogP contribution in [0.25, 0.3) is 0 Å². The van der Waals surface area contributed by atoms with E-state index >= 15 is 0 Å². The lowest BCUT2D eigenvalue weighted by Gasteiger charge is -2.44. The monoisotopic (exact) mass is 916 g/mol. The zero-order valence-corrected chi connectivity index (χ0v) is 36.7. The molecule has 0 saturated carbocycles. The van der Waals surface area contributed by atoms with Crippen LogP contribution in [0.15, 0.2) is 12.4 Å². The van der Waals surface area contributed by atoms with E-state index in [9.17, 15) is 38.4 Å². The fourth-order valence-electron chi connectivity index (χ4n) is 6.21. The Morgan fingerprint density at radius 1 is 0.484 bits per heavy atom. The second-order valence-electron chi connectivity index (χ2n) is 13.7. The third-order valence-electron chi connectivity index (χ3n) is 8.42. The standard InChI is InChI=1S/C36H48N6O18S2/c1-17(43)51-13-27-29(53-19(3)45)31(55-21(5)47)33(57-23(7)49)35(59-27)61-15-25-11-41(39-37-25)9-10-42-12-26(38-40-42)16-62-36-34(58-24(8)50)32(56-22(6)48)30(54-20(4)46)28(60-36)14-52-18(2)44/h11-12,27-36H,9-10,13-16H2,1-8H3/t27-,28-,29-,30-,31+,32+,33+,34+,35-,36-/m1/s1. The SMILES string of the molecule is CC(=O)OC[C@H]1O[C@H](SCc2cn(CCn3cc(CS[C@H]4O[C@H](COC(C)=O)[C@@H](OC(C)=O)[C@H](OC(C)=O)[C@@H]4OC(C)=O)nn3)nn2)[C@@H](OC(C)=O)[C@@H](OC(C)=O)[C@@H]1OC(C)=O. The summed E-state index contributed by atoms with van der Waals surface area (Å²) in [4.78, 5) is 95.9. The van der Waals surface area contributed by atoms with Gasteiger partial charge in [-0.2, -0.15) is 0 Å². The summed E-state index contributed by atoms with van der Waals surface area (Å²) in [5, 5.41) is 16.7. The molecular formula is C36H48N6O18S2. The van der Waals surface area contributed by atoms with Gasteiger partial charge in [0.2, 0.25) is 0 Å². The van der Waals surface area contributed by atoms with Crippen molar-refractivity contribution in [2.45, 2.75) is 140 Å². The van der Waals surface area contributed by atoms with E-state index in [1.165, 1.54) is 13.8 Å². The minimum atomic E-state index is -1.30. The van der Waals surface area contributed by atoms with Crippen molar-refractivity contribution in [3.8, 4) is 0 Å². The van der Waals surface area contributed by atoms with E-state index in [2.05, 4.69) is 20.6 Å². The first-order chi connectivity index (χ1) is 29.3. The van der Waals surface area contributed by atoms with Crippen LogP contribution in [0, 0.1) is 0 Å². The van der Waals surface area contributed by atoms with Crippen molar-refractivity contribution in [2.75, 3.05) is 13.2 Å². The number of hydrogen-bond donors (Lipinski definition) is 0. The van der Waals surface area contributed by atoms with Crippen LogP contribution in [0.3, 0.4) is 0 Å². The first-order valence-corrected chi connectivity index (χ1v) is 21.0. The Labute approximate surface area is 362 Å². The average molecular weight is 917 g/mol. The summed E-state index contributed by atoms with van der Waals surface area (Å²) in [7, 11) is 0. The van der Waals surface area contributed by atoms with Crippen molar-refractivity contribution >= 4 is 71.3 Å². The van der Waals surface area contributed by atoms with Gasteiger partial charge in [-0.05, 0) is 0 Å². The van der Waals surface area contributed by atoms with E-state index in [1.54, 1.807) is 21.8 Å². The van der Waals surface area contributed by atoms with Crippen molar-refractivity contribution in [1.29, 1.82) is 0 Å². The molecule has 4 rings (SSSR count). The Bertz CT molecular complexity index is 1790. The van der Waals surface area contributed by atoms with Gasteiger partial charge in [0.05, 0.1) is 24.5 Å². The van der Waals surface area contributed by atoms with E-state index in [4.69, 9.17) is 47.4 Å². The molecule has 62 heavy (non-hydrogen) atoms. The zero-order chi connectivity index (χ0) is 45.7. The first-order valence-electron chi connectivity index (χ1n) is 18.9. The van der Waals surface area contributed by atoms with Gasteiger partial charge in [-0.3, -0.25) is 47.7 Å². The van der Waals surface area contributed by atoms with Crippen LogP contribution >= 0.6 is 23.5 Å². The second kappa shape index (κ2) is 23.2. The number of nitrogens with zero attached hydrogens (tertiary/aromatic N) is 6. The maximum atomic E-state index is 12.2. The highest BCUT2D eigenvalue weighted by Crippen LogP contribution is 2.37. The van der Waals surface area contributed by atoms with Gasteiger partial charge in [0, 0.05) is 79.3 Å². The number of esters is 8. The number of hydrogen-bond acceptors (Lipinski definition) is 24. The topological polar surface area (TPSA) is 290 Å². The normalized spacial score (nSPS) is 25.7. The van der Waals surface area contributed by atoms with Gasteiger partial charge in [-0.1, -0.05) is 10.4 Å². The molecule has 0 aliphatic carbocycles. The summed E-state index contributed by atoms with van der Waals surface area (Å²) >= 11 is 2.26. The fraction of sp³-hybridized carbons (Fsp3) is 0.667. The van der Waals surface area contributed by atoms with Crippen LogP contribution in [-0.2, 0) is 110 Å². The van der Waals surface area contributed by atoms with Crippen LogP contribution in [-0.4, -0.2) is 151 Å². The Morgan fingerprint density at radius 3 is 1.10 bits per heavy atom. The van der Waals surface area contributed by atoms with Crippen molar-refractivity contribution < 1.29 is 85.7 Å². The third kappa shape index (κ3) is 15.2. The molecule has 2 aliphatic rings. The number of rotatable bonds is 19. The number of ether oxygens (including phenoxy) is 10. The molecule has 0 radical (unpaired) electrons. The molecule has 2 aliphatic heterocycles. The van der Waals surface area contributed by atoms with Crippen LogP contribution in [0.2, 0.25) is 0 Å². The maximum absolute atomic E-state index is 12.2. The van der Waals surface area contributed by atoms with E-state index < -0.39 is 107 Å². The Balaban J connectivity index is 1.42. The van der Waals surface area contributed by atoms with Crippen molar-refractivity contribution in [1.82, 2.24) is 30.0 Å². The lowest BCUT2D eigenvalue weighted by atomic mass is 9.99. The Kier molecular flexibility index (Phi) is 18.5. The van der Waals surface area contributed by atoms with E-state index in [0.717, 1.165) is 65.1 Å². The molecule has 4 heterocycles. The van der Waals surface area contributed by atoms with Crippen LogP contribution in [0.4, 0.5) is 0 Å². The lowest BCUT2D eigenvalue weighted by Crippen LogP contribution is -2.61. The first kappa shape index (κ1) is 49.3. The molecule has 0 amide bonds. The summed E-state index contributed by atoms with van der Waals surface area (Å²) in [6, 6.07) is 0. The summed E-state index contributed by atoms with van der Waals surface area (Å²) in [6.07, 6.45) is -6.49. The molecule has 26 heteroatoms. The lowest BCUT2D eigenvalue weighted by molar-refractivity contribution is -0.237. The highest BCUT2D eigenvalue weighted by atomic mass is 32.2. The largest absolute Gasteiger partial charge is 0.463 e. The molecule has 0 spiro atoms. The van der Waals surface area contributed by atoms with Crippen molar-refractivity contribution in [3.05, 3.63) is 23.8 Å². The number of aryl methyl sites for hydroxylation is 2. The Hall–Kier alpha value is -5.34. The number of thioether (sulfide) groups is 2. The van der Waals surface area contributed by atoms with Crippen molar-refractivity contribution in [3.63, 3.8) is 0 Å². The zero-order valence-electron chi connectivity index (χ0n) is 35.0. The minimum Gasteiger partial charge on any atom is -0.463 e. The van der Waals surface area contributed by atoms with Gasteiger partial charge in [-0.25, -0.2) is 0 Å². The highest BCUT2D eigenvalue weighted by Gasteiger charge is 2.53. The van der Waals surface area contributed by atoms with Gasteiger partial charge in [0.15, 0.2) is 36.6 Å². The molecule has 0 aromatic carbocycles. The summed E-state index contributed by atoms with van der Waals surface area (Å²) < 4.78 is 58.5. The predicted molar refractivity (Wildman–Crippen MR) is 207 cm³/mol. The predicted octanol–water partition coefficient (Wildman–Crippen LogP) is 0.202. The fourth-order valence-corrected chi connectivity index (χ4v) is 8.39. The molecule has 2 aromatic rings. The average Bonchev–Trinajstić information content (AvgIpc) is 3.83. The molecule has 2 aromatic heterocycles. The van der Waals surface area contributed by atoms with Gasteiger partial charge >= 0.3 is 47.8 Å². The second-order valence-corrected chi connectivity index (χ2v) is 15.9. The molecule has 10 atom stereocenters. The molecule has 24 nitrogen and oxygen atoms in total.